The number of aromatic nitrogens is 2. The summed E-state index contributed by atoms with van der Waals surface area (Å²) in [7, 11) is 0. The number of nitrogens with one attached hydrogen (secondary N) is 1. The van der Waals surface area contributed by atoms with Crippen LogP contribution >= 0.6 is 0 Å². The smallest absolute Gasteiger partial charge is 0.279 e. The summed E-state index contributed by atoms with van der Waals surface area (Å²) in [4.78, 5) is 10.7. The van der Waals surface area contributed by atoms with E-state index in [0.717, 1.165) is 11.1 Å². The Labute approximate surface area is 104 Å². The number of nitrogens with two attached hydrogens (primary N) is 1. The maximum absolute atomic E-state index is 11.1. The molecule has 0 radical (unpaired) electrons. The number of hydrogen-bond donors (Lipinski definition) is 2. The molecule has 1 heterocycles. The fourth-order valence-electron chi connectivity index (χ4n) is 2.07. The van der Waals surface area contributed by atoms with Crippen molar-refractivity contribution < 1.29 is 4.92 Å². The molecule has 1 aromatic heterocycles. The molecule has 18 heavy (non-hydrogen) atoms. The van der Waals surface area contributed by atoms with Crippen molar-refractivity contribution in [2.24, 2.45) is 0 Å². The molecule has 2 aromatic rings. The molecule has 2 rings (SSSR count). The van der Waals surface area contributed by atoms with Gasteiger partial charge in [0.05, 0.1) is 16.2 Å². The standard InChI is InChI=1S/C12H14N4O2/c1-3-8-11(14-15-12(8)13)10-7(2)5-4-6-9(10)16(17)18/h4-6H,3H2,1-2H3,(H3,13,14,15). The van der Waals surface area contributed by atoms with E-state index in [4.69, 9.17) is 5.73 Å². The molecule has 0 spiro atoms. The maximum atomic E-state index is 11.1. The molecule has 0 bridgehead atoms. The highest BCUT2D eigenvalue weighted by atomic mass is 16.6. The number of benzene rings is 1. The van der Waals surface area contributed by atoms with Crippen LogP contribution in [0.25, 0.3) is 11.3 Å². The topological polar surface area (TPSA) is 97.8 Å². The lowest BCUT2D eigenvalue weighted by molar-refractivity contribution is -0.384. The molecule has 0 unspecified atom stereocenters. The van der Waals surface area contributed by atoms with Crippen LogP contribution in [0.5, 0.6) is 0 Å². The van der Waals surface area contributed by atoms with Crippen LogP contribution in [0.4, 0.5) is 11.5 Å². The highest BCUT2D eigenvalue weighted by molar-refractivity contribution is 5.78. The molecule has 0 aliphatic heterocycles. The molecule has 0 aliphatic rings. The first-order valence-electron chi connectivity index (χ1n) is 5.63. The van der Waals surface area contributed by atoms with Gasteiger partial charge in [-0.05, 0) is 18.9 Å². The zero-order valence-electron chi connectivity index (χ0n) is 10.2. The van der Waals surface area contributed by atoms with Crippen molar-refractivity contribution in [2.75, 3.05) is 5.73 Å². The van der Waals surface area contributed by atoms with Crippen molar-refractivity contribution in [1.82, 2.24) is 10.2 Å². The number of nitro groups is 1. The van der Waals surface area contributed by atoms with E-state index in [1.165, 1.54) is 6.07 Å². The van der Waals surface area contributed by atoms with E-state index in [1.54, 1.807) is 6.07 Å². The minimum Gasteiger partial charge on any atom is -0.382 e. The Morgan fingerprint density at radius 3 is 2.83 bits per heavy atom. The molecule has 0 saturated carbocycles. The molecule has 0 saturated heterocycles. The number of rotatable bonds is 3. The maximum Gasteiger partial charge on any atom is 0.279 e. The summed E-state index contributed by atoms with van der Waals surface area (Å²) < 4.78 is 0. The lowest BCUT2D eigenvalue weighted by Crippen LogP contribution is -1.97. The van der Waals surface area contributed by atoms with Crippen LogP contribution < -0.4 is 5.73 Å². The zero-order chi connectivity index (χ0) is 13.3. The van der Waals surface area contributed by atoms with Crippen molar-refractivity contribution in [2.45, 2.75) is 20.3 Å². The largest absolute Gasteiger partial charge is 0.382 e. The summed E-state index contributed by atoms with van der Waals surface area (Å²) in [6.45, 7) is 3.77. The summed E-state index contributed by atoms with van der Waals surface area (Å²) in [6, 6.07) is 4.99. The van der Waals surface area contributed by atoms with Gasteiger partial charge in [-0.25, -0.2) is 0 Å². The number of nitrogen functional groups attached to an aromatic ring is 1. The van der Waals surface area contributed by atoms with Crippen molar-refractivity contribution in [1.29, 1.82) is 0 Å². The number of nitrogens with zero attached hydrogens (tertiary/aromatic N) is 2. The molecule has 3 N–H and O–H groups in total. The summed E-state index contributed by atoms with van der Waals surface area (Å²) in [5.41, 5.74) is 8.65. The van der Waals surface area contributed by atoms with Crippen LogP contribution in [0.2, 0.25) is 0 Å². The van der Waals surface area contributed by atoms with E-state index in [2.05, 4.69) is 10.2 Å². The first-order chi connectivity index (χ1) is 8.56. The third kappa shape index (κ3) is 1.81. The first-order valence-corrected chi connectivity index (χ1v) is 5.63. The highest BCUT2D eigenvalue weighted by Crippen LogP contribution is 2.35. The van der Waals surface area contributed by atoms with Gasteiger partial charge in [-0.15, -0.1) is 0 Å². The Balaban J connectivity index is 2.74. The molecule has 6 heteroatoms. The second-order valence-corrected chi connectivity index (χ2v) is 4.04. The highest BCUT2D eigenvalue weighted by Gasteiger charge is 2.22. The van der Waals surface area contributed by atoms with Gasteiger partial charge in [0, 0.05) is 11.6 Å². The fourth-order valence-corrected chi connectivity index (χ4v) is 2.07. The van der Waals surface area contributed by atoms with Gasteiger partial charge < -0.3 is 5.73 Å². The van der Waals surface area contributed by atoms with Crippen LogP contribution in [0.1, 0.15) is 18.1 Å². The molecule has 0 aliphatic carbocycles. The quantitative estimate of drug-likeness (QED) is 0.641. The molecule has 1 aromatic carbocycles. The van der Waals surface area contributed by atoms with Crippen molar-refractivity contribution >= 4 is 11.5 Å². The number of aryl methyl sites for hydroxylation is 1. The van der Waals surface area contributed by atoms with Gasteiger partial charge in [-0.2, -0.15) is 5.10 Å². The summed E-state index contributed by atoms with van der Waals surface area (Å²) in [5.74, 6) is 0.394. The predicted octanol–water partition coefficient (Wildman–Crippen LogP) is 2.44. The second-order valence-electron chi connectivity index (χ2n) is 4.04. The van der Waals surface area contributed by atoms with Crippen LogP contribution in [0, 0.1) is 17.0 Å². The molecule has 94 valence electrons. The number of H-pyrrole nitrogens is 1. The van der Waals surface area contributed by atoms with Gasteiger partial charge in [0.25, 0.3) is 5.69 Å². The average molecular weight is 246 g/mol. The van der Waals surface area contributed by atoms with Crippen molar-refractivity contribution in [3.05, 3.63) is 39.4 Å². The number of aromatic amines is 1. The Morgan fingerprint density at radius 1 is 1.50 bits per heavy atom. The van der Waals surface area contributed by atoms with Crippen LogP contribution in [-0.4, -0.2) is 15.1 Å². The van der Waals surface area contributed by atoms with Gasteiger partial charge in [0.2, 0.25) is 0 Å². The molecule has 0 fully saturated rings. The van der Waals surface area contributed by atoms with E-state index >= 15 is 0 Å². The van der Waals surface area contributed by atoms with E-state index in [-0.39, 0.29) is 5.69 Å². The molecule has 0 amide bonds. The second kappa shape index (κ2) is 4.48. The van der Waals surface area contributed by atoms with Crippen LogP contribution in [0.3, 0.4) is 0 Å². The third-order valence-corrected chi connectivity index (χ3v) is 2.95. The number of anilines is 1. The van der Waals surface area contributed by atoms with Crippen molar-refractivity contribution in [3.8, 4) is 11.3 Å². The summed E-state index contributed by atoms with van der Waals surface area (Å²) in [6.07, 6.45) is 0.670. The third-order valence-electron chi connectivity index (χ3n) is 2.95. The van der Waals surface area contributed by atoms with Gasteiger partial charge >= 0.3 is 0 Å². The zero-order valence-corrected chi connectivity index (χ0v) is 10.2. The monoisotopic (exact) mass is 246 g/mol. The Kier molecular flexibility index (Phi) is 3.01. The van der Waals surface area contributed by atoms with Gasteiger partial charge in [0.1, 0.15) is 5.82 Å². The molecule has 0 atom stereocenters. The van der Waals surface area contributed by atoms with Gasteiger partial charge in [-0.1, -0.05) is 19.1 Å². The number of nitro benzene ring substituents is 1. The Morgan fingerprint density at radius 2 is 2.22 bits per heavy atom. The summed E-state index contributed by atoms with van der Waals surface area (Å²) in [5, 5.41) is 17.8. The first kappa shape index (κ1) is 12.1. The number of hydrogen-bond acceptors (Lipinski definition) is 4. The Bertz CT molecular complexity index is 604. The average Bonchev–Trinajstić information content (AvgIpc) is 2.69. The summed E-state index contributed by atoms with van der Waals surface area (Å²) >= 11 is 0. The Hall–Kier alpha value is -2.37. The molecular formula is C12H14N4O2. The van der Waals surface area contributed by atoms with E-state index in [0.29, 0.717) is 23.5 Å². The van der Waals surface area contributed by atoms with Gasteiger partial charge in [0.15, 0.2) is 0 Å². The van der Waals surface area contributed by atoms with Crippen LogP contribution in [-0.2, 0) is 6.42 Å². The lowest BCUT2D eigenvalue weighted by atomic mass is 9.99. The predicted molar refractivity (Wildman–Crippen MR) is 69.2 cm³/mol. The van der Waals surface area contributed by atoms with Gasteiger partial charge in [-0.3, -0.25) is 15.2 Å². The minimum absolute atomic E-state index is 0.0633. The van der Waals surface area contributed by atoms with Crippen LogP contribution in [0.15, 0.2) is 18.2 Å². The van der Waals surface area contributed by atoms with E-state index in [9.17, 15) is 10.1 Å². The minimum atomic E-state index is -0.390. The SMILES string of the molecule is CCc1c(N)n[nH]c1-c1c(C)cccc1[N+](=O)[O-]. The molecule has 6 nitrogen and oxygen atoms in total. The molecular weight excluding hydrogens is 232 g/mol. The lowest BCUT2D eigenvalue weighted by Gasteiger charge is -2.06. The van der Waals surface area contributed by atoms with E-state index < -0.39 is 4.92 Å². The normalized spacial score (nSPS) is 10.6. The van der Waals surface area contributed by atoms with E-state index in [1.807, 2.05) is 19.9 Å². The fraction of sp³-hybridized carbons (Fsp3) is 0.250. The van der Waals surface area contributed by atoms with Crippen molar-refractivity contribution in [3.63, 3.8) is 0 Å².